The van der Waals surface area contributed by atoms with Gasteiger partial charge in [-0.15, -0.1) is 0 Å². The van der Waals surface area contributed by atoms with E-state index < -0.39 is 0 Å². The third kappa shape index (κ3) is 4.62. The maximum Gasteiger partial charge on any atom is 0.216 e. The minimum absolute atomic E-state index is 0.0763. The summed E-state index contributed by atoms with van der Waals surface area (Å²) in [5.74, 6) is 0.710. The lowest BCUT2D eigenvalue weighted by molar-refractivity contribution is -0.119. The van der Waals surface area contributed by atoms with Crippen molar-refractivity contribution in [1.29, 1.82) is 0 Å². The Morgan fingerprint density at radius 1 is 1.25 bits per heavy atom. The molecule has 0 saturated carbocycles. The van der Waals surface area contributed by atoms with E-state index in [1.54, 1.807) is 6.92 Å². The Morgan fingerprint density at radius 2 is 1.85 bits per heavy atom. The second-order valence-corrected chi connectivity index (χ2v) is 5.68. The number of carbonyl (C=O) groups excluding carboxylic acids is 1. The standard InChI is InChI=1S/C16H25N3O/c1-13(20)18-11-15-6-8-19(9-7-15)12-16-4-2-14(10-17)3-5-16/h2-5,15H,6-12,17H2,1H3,(H,18,20). The maximum absolute atomic E-state index is 10.9. The third-order valence-corrected chi connectivity index (χ3v) is 4.01. The second-order valence-electron chi connectivity index (χ2n) is 5.68. The first-order valence-electron chi connectivity index (χ1n) is 7.42. The minimum atomic E-state index is 0.0763. The van der Waals surface area contributed by atoms with Gasteiger partial charge in [-0.3, -0.25) is 9.69 Å². The molecule has 4 nitrogen and oxygen atoms in total. The van der Waals surface area contributed by atoms with Gasteiger partial charge in [-0.1, -0.05) is 24.3 Å². The van der Waals surface area contributed by atoms with Crippen LogP contribution in [0.1, 0.15) is 30.9 Å². The van der Waals surface area contributed by atoms with Crippen LogP contribution in [0.25, 0.3) is 0 Å². The highest BCUT2D eigenvalue weighted by atomic mass is 16.1. The molecule has 0 aliphatic carbocycles. The van der Waals surface area contributed by atoms with E-state index in [1.807, 2.05) is 0 Å². The van der Waals surface area contributed by atoms with E-state index in [2.05, 4.69) is 34.5 Å². The van der Waals surface area contributed by atoms with Crippen molar-refractivity contribution in [3.8, 4) is 0 Å². The SMILES string of the molecule is CC(=O)NCC1CCN(Cc2ccc(CN)cc2)CC1. The van der Waals surface area contributed by atoms with Crippen molar-refractivity contribution in [2.45, 2.75) is 32.9 Å². The van der Waals surface area contributed by atoms with Gasteiger partial charge in [-0.05, 0) is 43.0 Å². The summed E-state index contributed by atoms with van der Waals surface area (Å²) in [7, 11) is 0. The van der Waals surface area contributed by atoms with Gasteiger partial charge in [-0.25, -0.2) is 0 Å². The molecule has 0 radical (unpaired) electrons. The van der Waals surface area contributed by atoms with Crippen LogP contribution < -0.4 is 11.1 Å². The van der Waals surface area contributed by atoms with Crippen molar-refractivity contribution in [2.75, 3.05) is 19.6 Å². The molecule has 1 aliphatic rings. The quantitative estimate of drug-likeness (QED) is 0.856. The van der Waals surface area contributed by atoms with Gasteiger partial charge in [0.2, 0.25) is 5.91 Å². The molecule has 2 rings (SSSR count). The normalized spacial score (nSPS) is 17.1. The average molecular weight is 275 g/mol. The molecule has 1 aromatic rings. The van der Waals surface area contributed by atoms with Gasteiger partial charge in [-0.2, -0.15) is 0 Å². The lowest BCUT2D eigenvalue weighted by Gasteiger charge is -2.32. The zero-order chi connectivity index (χ0) is 14.4. The Balaban J connectivity index is 1.74. The molecule has 0 bridgehead atoms. The van der Waals surface area contributed by atoms with Crippen LogP contribution in [0.3, 0.4) is 0 Å². The summed E-state index contributed by atoms with van der Waals surface area (Å²) in [6, 6.07) is 8.56. The number of nitrogens with one attached hydrogen (secondary N) is 1. The van der Waals surface area contributed by atoms with Gasteiger partial charge in [0.15, 0.2) is 0 Å². The first kappa shape index (κ1) is 15.0. The highest BCUT2D eigenvalue weighted by Crippen LogP contribution is 2.18. The summed E-state index contributed by atoms with van der Waals surface area (Å²) in [6.45, 7) is 6.26. The summed E-state index contributed by atoms with van der Waals surface area (Å²) < 4.78 is 0. The topological polar surface area (TPSA) is 58.4 Å². The monoisotopic (exact) mass is 275 g/mol. The largest absolute Gasteiger partial charge is 0.356 e. The number of nitrogens with two attached hydrogens (primary N) is 1. The van der Waals surface area contributed by atoms with Crippen LogP contribution in [-0.4, -0.2) is 30.4 Å². The summed E-state index contributed by atoms with van der Waals surface area (Å²) in [5.41, 5.74) is 8.14. The first-order valence-corrected chi connectivity index (χ1v) is 7.42. The molecule has 4 heteroatoms. The summed E-state index contributed by atoms with van der Waals surface area (Å²) in [6.07, 6.45) is 2.34. The number of hydrogen-bond acceptors (Lipinski definition) is 3. The third-order valence-electron chi connectivity index (χ3n) is 4.01. The van der Waals surface area contributed by atoms with Gasteiger partial charge < -0.3 is 11.1 Å². The average Bonchev–Trinajstić information content (AvgIpc) is 2.47. The van der Waals surface area contributed by atoms with E-state index >= 15 is 0 Å². The van der Waals surface area contributed by atoms with Crippen LogP contribution in [0, 0.1) is 5.92 Å². The summed E-state index contributed by atoms with van der Waals surface area (Å²) in [4.78, 5) is 13.4. The predicted molar refractivity (Wildman–Crippen MR) is 81.0 cm³/mol. The summed E-state index contributed by atoms with van der Waals surface area (Å²) >= 11 is 0. The van der Waals surface area contributed by atoms with Crippen LogP contribution in [0.2, 0.25) is 0 Å². The molecule has 0 spiro atoms. The zero-order valence-corrected chi connectivity index (χ0v) is 12.3. The molecule has 1 saturated heterocycles. The molecule has 20 heavy (non-hydrogen) atoms. The number of piperidine rings is 1. The highest BCUT2D eigenvalue weighted by molar-refractivity contribution is 5.72. The van der Waals surface area contributed by atoms with Gasteiger partial charge >= 0.3 is 0 Å². The Morgan fingerprint density at radius 3 is 2.40 bits per heavy atom. The van der Waals surface area contributed by atoms with Gasteiger partial charge in [0.25, 0.3) is 0 Å². The highest BCUT2D eigenvalue weighted by Gasteiger charge is 2.19. The molecule has 0 aromatic heterocycles. The van der Waals surface area contributed by atoms with Gasteiger partial charge in [0.1, 0.15) is 0 Å². The van der Waals surface area contributed by atoms with E-state index in [4.69, 9.17) is 5.73 Å². The van der Waals surface area contributed by atoms with Crippen molar-refractivity contribution in [1.82, 2.24) is 10.2 Å². The molecular formula is C16H25N3O. The minimum Gasteiger partial charge on any atom is -0.356 e. The Bertz CT molecular complexity index is 422. The number of nitrogens with zero attached hydrogens (tertiary/aromatic N) is 1. The van der Waals surface area contributed by atoms with E-state index in [9.17, 15) is 4.79 Å². The van der Waals surface area contributed by atoms with Crippen LogP contribution in [0.5, 0.6) is 0 Å². The zero-order valence-electron chi connectivity index (χ0n) is 12.3. The molecule has 0 unspecified atom stereocenters. The molecule has 0 atom stereocenters. The number of likely N-dealkylation sites (tertiary alicyclic amines) is 1. The fraction of sp³-hybridized carbons (Fsp3) is 0.562. The second kappa shape index (κ2) is 7.41. The maximum atomic E-state index is 10.9. The van der Waals surface area contributed by atoms with Crippen LogP contribution in [0.4, 0.5) is 0 Å². The number of amides is 1. The first-order chi connectivity index (χ1) is 9.67. The smallest absolute Gasteiger partial charge is 0.216 e. The van der Waals surface area contributed by atoms with Gasteiger partial charge in [0, 0.05) is 26.6 Å². The molecule has 1 fully saturated rings. The summed E-state index contributed by atoms with van der Waals surface area (Å²) in [5, 5.41) is 2.92. The number of hydrogen-bond donors (Lipinski definition) is 2. The molecule has 3 N–H and O–H groups in total. The lowest BCUT2D eigenvalue weighted by Crippen LogP contribution is -2.37. The lowest BCUT2D eigenvalue weighted by atomic mass is 9.96. The Labute approximate surface area is 121 Å². The van der Waals surface area contributed by atoms with Crippen LogP contribution >= 0.6 is 0 Å². The van der Waals surface area contributed by atoms with E-state index in [-0.39, 0.29) is 5.91 Å². The van der Waals surface area contributed by atoms with Crippen molar-refractivity contribution < 1.29 is 4.79 Å². The molecular weight excluding hydrogens is 250 g/mol. The van der Waals surface area contributed by atoms with Crippen molar-refractivity contribution in [3.63, 3.8) is 0 Å². The number of rotatable bonds is 5. The molecule has 110 valence electrons. The fourth-order valence-electron chi connectivity index (χ4n) is 2.68. The number of carbonyl (C=O) groups is 1. The fourth-order valence-corrected chi connectivity index (χ4v) is 2.68. The van der Waals surface area contributed by atoms with Crippen LogP contribution in [-0.2, 0) is 17.9 Å². The van der Waals surface area contributed by atoms with Crippen LogP contribution in [0.15, 0.2) is 24.3 Å². The van der Waals surface area contributed by atoms with E-state index in [1.165, 1.54) is 24.0 Å². The number of benzene rings is 1. The van der Waals surface area contributed by atoms with Gasteiger partial charge in [0.05, 0.1) is 0 Å². The van der Waals surface area contributed by atoms with Crippen molar-refractivity contribution in [2.24, 2.45) is 11.7 Å². The van der Waals surface area contributed by atoms with E-state index in [0.29, 0.717) is 12.5 Å². The van der Waals surface area contributed by atoms with Crippen molar-refractivity contribution >= 4 is 5.91 Å². The molecule has 1 amide bonds. The molecule has 1 heterocycles. The van der Waals surface area contributed by atoms with Crippen molar-refractivity contribution in [3.05, 3.63) is 35.4 Å². The molecule has 1 aromatic carbocycles. The predicted octanol–water partition coefficient (Wildman–Crippen LogP) is 1.49. The Kier molecular flexibility index (Phi) is 5.56. The Hall–Kier alpha value is -1.39. The molecule has 1 aliphatic heterocycles. The van der Waals surface area contributed by atoms with E-state index in [0.717, 1.165) is 26.2 Å².